The zero-order valence-electron chi connectivity index (χ0n) is 19.8. The maximum absolute atomic E-state index is 13.3. The van der Waals surface area contributed by atoms with Crippen LogP contribution in [0.15, 0.2) is 78.9 Å². The van der Waals surface area contributed by atoms with Crippen molar-refractivity contribution in [2.45, 2.75) is 52.0 Å². The summed E-state index contributed by atoms with van der Waals surface area (Å²) in [5.41, 5.74) is 2.28. The van der Waals surface area contributed by atoms with Crippen molar-refractivity contribution < 1.29 is 24.2 Å². The van der Waals surface area contributed by atoms with E-state index in [1.807, 2.05) is 54.6 Å². The summed E-state index contributed by atoms with van der Waals surface area (Å²) in [5.74, 6) is 0.455. The molecule has 0 aromatic heterocycles. The highest BCUT2D eigenvalue weighted by atomic mass is 16.6. The lowest BCUT2D eigenvalue weighted by atomic mass is 9.96. The topological polar surface area (TPSA) is 84.9 Å². The fraction of sp³-hybridized carbons (Fsp3) is 0.286. The van der Waals surface area contributed by atoms with Gasteiger partial charge in [0.1, 0.15) is 18.0 Å². The maximum atomic E-state index is 13.3. The SMILES string of the molecule is CC(C)(C)OC(=O)N[C@@H](Cc1ccc(OCc2ccccc2)cc1)C(=O)c1cccc(CO)c1. The maximum Gasteiger partial charge on any atom is 0.408 e. The number of ketones is 1. The molecule has 0 unspecified atom stereocenters. The van der Waals surface area contributed by atoms with E-state index in [1.165, 1.54) is 0 Å². The molecule has 34 heavy (non-hydrogen) atoms. The fourth-order valence-electron chi connectivity index (χ4n) is 3.38. The lowest BCUT2D eigenvalue weighted by Crippen LogP contribution is -2.44. The van der Waals surface area contributed by atoms with Gasteiger partial charge in [0.15, 0.2) is 5.78 Å². The van der Waals surface area contributed by atoms with Crippen molar-refractivity contribution in [2.75, 3.05) is 0 Å². The molecule has 0 fully saturated rings. The largest absolute Gasteiger partial charge is 0.489 e. The van der Waals surface area contributed by atoms with Crippen LogP contribution in [0.4, 0.5) is 4.79 Å². The first-order chi connectivity index (χ1) is 16.2. The molecule has 0 heterocycles. The molecule has 1 atom stereocenters. The third kappa shape index (κ3) is 7.74. The van der Waals surface area contributed by atoms with Gasteiger partial charge in [0, 0.05) is 12.0 Å². The highest BCUT2D eigenvalue weighted by Crippen LogP contribution is 2.18. The molecule has 2 N–H and O–H groups in total. The van der Waals surface area contributed by atoms with Crippen LogP contribution in [0, 0.1) is 0 Å². The summed E-state index contributed by atoms with van der Waals surface area (Å²) in [6.45, 7) is 5.59. The highest BCUT2D eigenvalue weighted by Gasteiger charge is 2.26. The van der Waals surface area contributed by atoms with Gasteiger partial charge in [0.05, 0.1) is 12.6 Å². The second-order valence-corrected chi connectivity index (χ2v) is 9.04. The van der Waals surface area contributed by atoms with E-state index < -0.39 is 17.7 Å². The zero-order chi connectivity index (χ0) is 24.6. The quantitative estimate of drug-likeness (QED) is 0.434. The number of ether oxygens (including phenoxy) is 2. The van der Waals surface area contributed by atoms with Crippen LogP contribution in [0.25, 0.3) is 0 Å². The third-order valence-electron chi connectivity index (χ3n) is 5.01. The van der Waals surface area contributed by atoms with Crippen molar-refractivity contribution in [1.82, 2.24) is 5.32 Å². The van der Waals surface area contributed by atoms with Crippen LogP contribution in [0.2, 0.25) is 0 Å². The van der Waals surface area contributed by atoms with Gasteiger partial charge in [-0.1, -0.05) is 60.7 Å². The summed E-state index contributed by atoms with van der Waals surface area (Å²) in [6.07, 6.45) is -0.382. The van der Waals surface area contributed by atoms with Crippen molar-refractivity contribution in [2.24, 2.45) is 0 Å². The standard InChI is InChI=1S/C28H31NO5/c1-28(2,3)34-27(32)29-25(26(31)23-11-7-10-22(16-23)18-30)17-20-12-14-24(15-13-20)33-19-21-8-5-4-6-9-21/h4-16,25,30H,17-19H2,1-3H3,(H,29,32)/t25-/m0/s1. The average Bonchev–Trinajstić information content (AvgIpc) is 2.82. The molecule has 0 spiro atoms. The Balaban J connectivity index is 1.73. The normalized spacial score (nSPS) is 12.0. The van der Waals surface area contributed by atoms with E-state index >= 15 is 0 Å². The van der Waals surface area contributed by atoms with Crippen LogP contribution in [0.1, 0.15) is 47.8 Å². The summed E-state index contributed by atoms with van der Waals surface area (Å²) < 4.78 is 11.2. The van der Waals surface area contributed by atoms with Gasteiger partial charge in [-0.05, 0) is 55.7 Å². The van der Waals surface area contributed by atoms with Crippen molar-refractivity contribution in [1.29, 1.82) is 0 Å². The minimum absolute atomic E-state index is 0.171. The number of benzene rings is 3. The number of rotatable bonds is 9. The van der Waals surface area contributed by atoms with Gasteiger partial charge in [0.25, 0.3) is 0 Å². The molecule has 3 aromatic rings. The summed E-state index contributed by atoms with van der Waals surface area (Å²) >= 11 is 0. The van der Waals surface area contributed by atoms with Crippen molar-refractivity contribution in [3.05, 3.63) is 101 Å². The molecule has 0 saturated heterocycles. The summed E-state index contributed by atoms with van der Waals surface area (Å²) in [6, 6.07) is 23.3. The lowest BCUT2D eigenvalue weighted by molar-refractivity contribution is 0.0491. The first-order valence-electron chi connectivity index (χ1n) is 11.2. The predicted octanol–water partition coefficient (Wildman–Crippen LogP) is 5.08. The molecule has 6 heteroatoms. The van der Waals surface area contributed by atoms with Crippen molar-refractivity contribution >= 4 is 11.9 Å². The molecule has 0 radical (unpaired) electrons. The number of aliphatic hydroxyl groups is 1. The number of alkyl carbamates (subject to hydrolysis) is 1. The van der Waals surface area contributed by atoms with Crippen LogP contribution in [-0.2, 0) is 24.4 Å². The first-order valence-corrected chi connectivity index (χ1v) is 11.2. The second kappa shape index (κ2) is 11.5. The van der Waals surface area contributed by atoms with Gasteiger partial charge in [-0.25, -0.2) is 4.79 Å². The summed E-state index contributed by atoms with van der Waals surface area (Å²) in [7, 11) is 0. The number of aliphatic hydroxyl groups excluding tert-OH is 1. The lowest BCUT2D eigenvalue weighted by Gasteiger charge is -2.23. The molecule has 0 bridgehead atoms. The molecule has 3 aromatic carbocycles. The predicted molar refractivity (Wildman–Crippen MR) is 131 cm³/mol. The van der Waals surface area contributed by atoms with Gasteiger partial charge in [0.2, 0.25) is 0 Å². The Hall–Kier alpha value is -3.64. The minimum Gasteiger partial charge on any atom is -0.489 e. The Morgan fingerprint density at radius 2 is 1.56 bits per heavy atom. The van der Waals surface area contributed by atoms with Crippen LogP contribution in [0.5, 0.6) is 5.75 Å². The average molecular weight is 462 g/mol. The Bertz CT molecular complexity index is 1090. The molecular weight excluding hydrogens is 430 g/mol. The van der Waals surface area contributed by atoms with Crippen LogP contribution in [0.3, 0.4) is 0 Å². The van der Waals surface area contributed by atoms with Gasteiger partial charge < -0.3 is 19.9 Å². The first kappa shape index (κ1) is 25.0. The summed E-state index contributed by atoms with van der Waals surface area (Å²) in [4.78, 5) is 25.7. The van der Waals surface area contributed by atoms with Crippen LogP contribution < -0.4 is 10.1 Å². The Kier molecular flexibility index (Phi) is 8.44. The molecule has 0 saturated carbocycles. The van der Waals surface area contributed by atoms with Gasteiger partial charge >= 0.3 is 6.09 Å². The number of carbonyl (C=O) groups is 2. The van der Waals surface area contributed by atoms with Gasteiger partial charge in [-0.15, -0.1) is 0 Å². The molecule has 0 aliphatic carbocycles. The molecule has 3 rings (SSSR count). The highest BCUT2D eigenvalue weighted by molar-refractivity contribution is 6.01. The van der Waals surface area contributed by atoms with Crippen LogP contribution in [-0.4, -0.2) is 28.6 Å². The number of Topliss-reactive ketones (excluding diaryl/α,β-unsaturated/α-hetero) is 1. The Morgan fingerprint density at radius 3 is 2.21 bits per heavy atom. The Labute approximate surface area is 200 Å². The molecular formula is C28H31NO5. The van der Waals surface area contributed by atoms with E-state index in [1.54, 1.807) is 45.0 Å². The van der Waals surface area contributed by atoms with E-state index in [0.717, 1.165) is 11.1 Å². The van der Waals surface area contributed by atoms with Crippen LogP contribution >= 0.6 is 0 Å². The van der Waals surface area contributed by atoms with Crippen molar-refractivity contribution in [3.8, 4) is 5.75 Å². The van der Waals surface area contributed by atoms with E-state index in [2.05, 4.69) is 5.32 Å². The molecule has 0 aliphatic heterocycles. The molecule has 1 amide bonds. The molecule has 0 aliphatic rings. The summed E-state index contributed by atoms with van der Waals surface area (Å²) in [5, 5.41) is 12.1. The second-order valence-electron chi connectivity index (χ2n) is 9.04. The number of carbonyl (C=O) groups excluding carboxylic acids is 2. The monoisotopic (exact) mass is 461 g/mol. The van der Waals surface area contributed by atoms with E-state index in [-0.39, 0.29) is 18.8 Å². The van der Waals surface area contributed by atoms with E-state index in [9.17, 15) is 14.7 Å². The number of nitrogens with one attached hydrogen (secondary N) is 1. The smallest absolute Gasteiger partial charge is 0.408 e. The van der Waals surface area contributed by atoms with E-state index in [4.69, 9.17) is 9.47 Å². The molecule has 6 nitrogen and oxygen atoms in total. The Morgan fingerprint density at radius 1 is 0.882 bits per heavy atom. The zero-order valence-corrected chi connectivity index (χ0v) is 19.8. The van der Waals surface area contributed by atoms with Gasteiger partial charge in [-0.3, -0.25) is 4.79 Å². The number of hydrogen-bond donors (Lipinski definition) is 2. The third-order valence-corrected chi connectivity index (χ3v) is 5.01. The fourth-order valence-corrected chi connectivity index (χ4v) is 3.38. The van der Waals surface area contributed by atoms with E-state index in [0.29, 0.717) is 23.5 Å². The van der Waals surface area contributed by atoms with Crippen molar-refractivity contribution in [3.63, 3.8) is 0 Å². The number of hydrogen-bond acceptors (Lipinski definition) is 5. The number of amides is 1. The minimum atomic E-state index is -0.833. The molecule has 178 valence electrons. The van der Waals surface area contributed by atoms with Gasteiger partial charge in [-0.2, -0.15) is 0 Å².